The van der Waals surface area contributed by atoms with Crippen LogP contribution in [0.15, 0.2) is 78.9 Å². The molecule has 0 saturated carbocycles. The van der Waals surface area contributed by atoms with Gasteiger partial charge in [-0.25, -0.2) is 5.06 Å². The number of carbonyl (C=O) groups is 1. The van der Waals surface area contributed by atoms with Crippen molar-refractivity contribution in [1.29, 1.82) is 0 Å². The Balaban J connectivity index is 2.64. The van der Waals surface area contributed by atoms with Gasteiger partial charge >= 0.3 is 0 Å². The number of hydroxylamine groups is 2. The van der Waals surface area contributed by atoms with E-state index in [4.69, 9.17) is 37.4 Å². The minimum atomic E-state index is -2.36. The van der Waals surface area contributed by atoms with Gasteiger partial charge in [-0.2, -0.15) is 0 Å². The molecular formula is C50H83NO10Si2. The number of hydrogen-bond donors (Lipinski definition) is 1. The summed E-state index contributed by atoms with van der Waals surface area (Å²) in [5.41, 5.74) is 2.73. The summed E-state index contributed by atoms with van der Waals surface area (Å²) in [6.45, 7) is 32.7. The lowest BCUT2D eigenvalue weighted by molar-refractivity contribution is -0.175. The Morgan fingerprint density at radius 3 is 1.87 bits per heavy atom. The number of hydrogen-bond acceptors (Lipinski definition) is 10. The zero-order chi connectivity index (χ0) is 47.9. The van der Waals surface area contributed by atoms with Crippen molar-refractivity contribution in [2.24, 2.45) is 11.8 Å². The standard InChI is InChI=1S/C50H83NO10Si2/c1-20-21-41(58-33-38-23-26-40(54-12)27-24-38)32-45(59-34-39-25-29-44(55-13)46(31-39)56-14)42(52)30-36(3)47(61-63(18,19)50(8,9)10)35(2)22-28-43(37(4)48(53)51(11)57-15)60-62(16,17)49(5,6)7/h20,22-31,35,37,41-43,45,47,52H,1,21,32-34H2,2-19H3/b28-22+,36-30+/t35-,37+,41-,42-,43-,45+,47+/m0/s1. The molecule has 7 atom stereocenters. The minimum Gasteiger partial charge on any atom is -0.497 e. The molecule has 0 spiro atoms. The third kappa shape index (κ3) is 16.9. The first-order chi connectivity index (χ1) is 29.2. The molecule has 0 aliphatic rings. The normalized spacial score (nSPS) is 16.5. The van der Waals surface area contributed by atoms with Crippen molar-refractivity contribution in [3.05, 3.63) is 90.0 Å². The van der Waals surface area contributed by atoms with Crippen LogP contribution in [0.4, 0.5) is 0 Å². The van der Waals surface area contributed by atoms with Crippen molar-refractivity contribution >= 4 is 22.5 Å². The lowest BCUT2D eigenvalue weighted by Crippen LogP contribution is -2.47. The fourth-order valence-corrected chi connectivity index (χ4v) is 9.11. The molecule has 2 rings (SSSR count). The van der Waals surface area contributed by atoms with Gasteiger partial charge in [0.2, 0.25) is 0 Å². The van der Waals surface area contributed by atoms with E-state index in [9.17, 15) is 9.90 Å². The molecule has 2 aromatic rings. The smallest absolute Gasteiger partial charge is 0.251 e. The number of ether oxygens (including phenoxy) is 5. The number of benzene rings is 2. The van der Waals surface area contributed by atoms with Gasteiger partial charge in [0, 0.05) is 19.4 Å². The van der Waals surface area contributed by atoms with Gasteiger partial charge in [-0.3, -0.25) is 9.63 Å². The highest BCUT2D eigenvalue weighted by Gasteiger charge is 2.42. The quantitative estimate of drug-likeness (QED) is 0.0556. The first kappa shape index (κ1) is 55.9. The van der Waals surface area contributed by atoms with Gasteiger partial charge < -0.3 is 37.6 Å². The second-order valence-electron chi connectivity index (χ2n) is 19.7. The van der Waals surface area contributed by atoms with Gasteiger partial charge in [-0.15, -0.1) is 6.58 Å². The monoisotopic (exact) mass is 914 g/mol. The van der Waals surface area contributed by atoms with E-state index in [0.717, 1.165) is 22.4 Å². The summed E-state index contributed by atoms with van der Waals surface area (Å²) in [6, 6.07) is 13.4. The molecule has 0 radical (unpaired) electrons. The first-order valence-electron chi connectivity index (χ1n) is 22.2. The average Bonchev–Trinajstić information content (AvgIpc) is 3.22. The van der Waals surface area contributed by atoms with Crippen molar-refractivity contribution in [1.82, 2.24) is 5.06 Å². The lowest BCUT2D eigenvalue weighted by Gasteiger charge is -2.41. The first-order valence-corrected chi connectivity index (χ1v) is 28.0. The maximum Gasteiger partial charge on any atom is 0.251 e. The summed E-state index contributed by atoms with van der Waals surface area (Å²) in [7, 11) is 3.27. The Bertz CT molecular complexity index is 1770. The molecule has 11 nitrogen and oxygen atoms in total. The van der Waals surface area contributed by atoms with E-state index in [1.807, 2.05) is 74.5 Å². The Morgan fingerprint density at radius 1 is 0.794 bits per heavy atom. The molecular weight excluding hydrogens is 831 g/mol. The third-order valence-corrected chi connectivity index (χ3v) is 21.7. The number of methoxy groups -OCH3 is 3. The molecule has 0 fully saturated rings. The number of aliphatic hydroxyl groups excluding tert-OH is 1. The molecule has 0 heterocycles. The lowest BCUT2D eigenvalue weighted by atomic mass is 9.93. The fourth-order valence-electron chi connectivity index (χ4n) is 6.40. The molecule has 0 aliphatic carbocycles. The number of aliphatic hydroxyl groups is 1. The largest absolute Gasteiger partial charge is 0.497 e. The molecule has 63 heavy (non-hydrogen) atoms. The second-order valence-corrected chi connectivity index (χ2v) is 29.2. The molecule has 0 bridgehead atoms. The van der Waals surface area contributed by atoms with Gasteiger partial charge in [0.05, 0.1) is 78.1 Å². The van der Waals surface area contributed by atoms with Gasteiger partial charge in [0.1, 0.15) is 5.75 Å². The molecule has 1 N–H and O–H groups in total. The maximum atomic E-state index is 13.5. The Kier molecular flexibility index (Phi) is 22.0. The van der Waals surface area contributed by atoms with Crippen molar-refractivity contribution in [2.75, 3.05) is 35.5 Å². The molecule has 2 aromatic carbocycles. The van der Waals surface area contributed by atoms with E-state index in [2.05, 4.69) is 87.3 Å². The predicted octanol–water partition coefficient (Wildman–Crippen LogP) is 11.1. The summed E-state index contributed by atoms with van der Waals surface area (Å²) in [4.78, 5) is 18.8. The van der Waals surface area contributed by atoms with Crippen LogP contribution in [-0.2, 0) is 41.2 Å². The average molecular weight is 914 g/mol. The van der Waals surface area contributed by atoms with Crippen LogP contribution in [0.25, 0.3) is 0 Å². The molecule has 13 heteroatoms. The van der Waals surface area contributed by atoms with Crippen molar-refractivity contribution in [3.63, 3.8) is 0 Å². The summed E-state index contributed by atoms with van der Waals surface area (Å²) >= 11 is 0. The van der Waals surface area contributed by atoms with Crippen LogP contribution >= 0.6 is 0 Å². The van der Waals surface area contributed by atoms with Crippen LogP contribution in [0.2, 0.25) is 36.3 Å². The number of nitrogens with zero attached hydrogens (tertiary/aromatic N) is 1. The predicted molar refractivity (Wildman–Crippen MR) is 260 cm³/mol. The maximum absolute atomic E-state index is 13.5. The van der Waals surface area contributed by atoms with Gasteiger partial charge in [0.15, 0.2) is 28.1 Å². The van der Waals surface area contributed by atoms with E-state index in [1.54, 1.807) is 28.4 Å². The molecule has 1 amide bonds. The van der Waals surface area contributed by atoms with Crippen LogP contribution in [0.3, 0.4) is 0 Å². The van der Waals surface area contributed by atoms with Crippen molar-refractivity contribution in [3.8, 4) is 17.2 Å². The summed E-state index contributed by atoms with van der Waals surface area (Å²) in [6.07, 6.45) is 5.88. The van der Waals surface area contributed by atoms with Gasteiger partial charge in [-0.1, -0.05) is 97.9 Å². The topological polar surface area (TPSA) is 114 Å². The summed E-state index contributed by atoms with van der Waals surface area (Å²) < 4.78 is 43.6. The van der Waals surface area contributed by atoms with E-state index in [1.165, 1.54) is 12.2 Å². The zero-order valence-electron chi connectivity index (χ0n) is 42.0. The van der Waals surface area contributed by atoms with Crippen LogP contribution in [0.1, 0.15) is 86.3 Å². The molecule has 356 valence electrons. The zero-order valence-corrected chi connectivity index (χ0v) is 44.0. The van der Waals surface area contributed by atoms with Gasteiger partial charge in [-0.05, 0) is 90.6 Å². The van der Waals surface area contributed by atoms with Crippen LogP contribution in [0, 0.1) is 11.8 Å². The third-order valence-electron chi connectivity index (χ3n) is 12.8. The molecule has 0 aromatic heterocycles. The minimum absolute atomic E-state index is 0.0759. The van der Waals surface area contributed by atoms with Crippen LogP contribution in [-0.4, -0.2) is 98.7 Å². The van der Waals surface area contributed by atoms with Crippen LogP contribution in [0.5, 0.6) is 17.2 Å². The second kappa shape index (κ2) is 24.9. The highest BCUT2D eigenvalue weighted by atomic mass is 28.4. The molecule has 0 aliphatic heterocycles. The summed E-state index contributed by atoms with van der Waals surface area (Å²) in [5, 5.41) is 13.3. The van der Waals surface area contributed by atoms with Crippen LogP contribution < -0.4 is 14.2 Å². The highest BCUT2D eigenvalue weighted by Crippen LogP contribution is 2.41. The fraction of sp³-hybridized carbons (Fsp3) is 0.620. The number of carbonyl (C=O) groups excluding carboxylic acids is 1. The molecule has 0 saturated heterocycles. The number of amides is 1. The van der Waals surface area contributed by atoms with E-state index < -0.39 is 47.0 Å². The Hall–Kier alpha value is -3.28. The Morgan fingerprint density at radius 2 is 1.35 bits per heavy atom. The van der Waals surface area contributed by atoms with Gasteiger partial charge in [0.25, 0.3) is 5.91 Å². The van der Waals surface area contributed by atoms with E-state index in [-0.39, 0.29) is 34.6 Å². The Labute approximate surface area is 383 Å². The van der Waals surface area contributed by atoms with Crippen molar-refractivity contribution in [2.45, 2.75) is 155 Å². The summed E-state index contributed by atoms with van der Waals surface area (Å²) in [5.74, 6) is 1.13. The van der Waals surface area contributed by atoms with Crippen molar-refractivity contribution < 1.29 is 47.3 Å². The number of rotatable bonds is 26. The van der Waals surface area contributed by atoms with E-state index >= 15 is 0 Å². The molecule has 0 unspecified atom stereocenters. The SMILES string of the molecule is C=CC[C@@H](C[C@@H](OCc1ccc(OC)c(OC)c1)[C@@H](O)/C=C(\C)[C@H](O[Si](C)(C)C(C)(C)C)[C@@H](C)/C=C/[C@H](O[Si](C)(C)C(C)(C)C)[C@@H](C)C(=O)N(C)OC)OCc1ccc(OC)cc1. The highest BCUT2D eigenvalue weighted by molar-refractivity contribution is 6.74. The van der Waals surface area contributed by atoms with E-state index in [0.29, 0.717) is 30.9 Å².